The number of hydrogen-bond acceptors (Lipinski definition) is 3. The Balaban J connectivity index is 2.14. The first-order valence-corrected chi connectivity index (χ1v) is 5.81. The molecular weight excluding hydrogens is 248 g/mol. The largest absolute Gasteiger partial charge is 0.472 e. The Morgan fingerprint density at radius 1 is 1.28 bits per heavy atom. The SMILES string of the molecule is Cc1ccnc(OCc2ccc(Cl)cc2)c1C#N. The van der Waals surface area contributed by atoms with Crippen LogP contribution in [0, 0.1) is 18.3 Å². The second-order valence-corrected chi connectivity index (χ2v) is 4.27. The van der Waals surface area contributed by atoms with Crippen molar-refractivity contribution >= 4 is 11.6 Å². The van der Waals surface area contributed by atoms with Gasteiger partial charge in [0.1, 0.15) is 18.2 Å². The molecule has 90 valence electrons. The summed E-state index contributed by atoms with van der Waals surface area (Å²) in [6.07, 6.45) is 1.63. The molecule has 0 unspecified atom stereocenters. The molecule has 1 aromatic heterocycles. The van der Waals surface area contributed by atoms with Crippen molar-refractivity contribution in [2.24, 2.45) is 0 Å². The third-order valence-corrected chi connectivity index (χ3v) is 2.78. The first-order valence-electron chi connectivity index (χ1n) is 5.43. The summed E-state index contributed by atoms with van der Waals surface area (Å²) in [5.74, 6) is 0.368. The van der Waals surface area contributed by atoms with Crippen molar-refractivity contribution < 1.29 is 4.74 Å². The number of aryl methyl sites for hydroxylation is 1. The van der Waals surface area contributed by atoms with Crippen molar-refractivity contribution in [3.05, 3.63) is 58.2 Å². The van der Waals surface area contributed by atoms with Gasteiger partial charge < -0.3 is 4.74 Å². The van der Waals surface area contributed by atoms with E-state index in [1.165, 1.54) is 0 Å². The standard InChI is InChI=1S/C14H11ClN2O/c1-10-6-7-17-14(13(10)8-16)18-9-11-2-4-12(15)5-3-11/h2-7H,9H2,1H3. The maximum Gasteiger partial charge on any atom is 0.232 e. The molecular formula is C14H11ClN2O. The van der Waals surface area contributed by atoms with Gasteiger partial charge in [0.05, 0.1) is 0 Å². The van der Waals surface area contributed by atoms with E-state index in [2.05, 4.69) is 11.1 Å². The van der Waals surface area contributed by atoms with Crippen LogP contribution in [0.15, 0.2) is 36.5 Å². The number of nitriles is 1. The average molecular weight is 259 g/mol. The van der Waals surface area contributed by atoms with Gasteiger partial charge in [0.2, 0.25) is 5.88 Å². The minimum absolute atomic E-state index is 0.363. The first-order chi connectivity index (χ1) is 8.70. The monoisotopic (exact) mass is 258 g/mol. The summed E-state index contributed by atoms with van der Waals surface area (Å²) in [5, 5.41) is 9.73. The predicted molar refractivity (Wildman–Crippen MR) is 69.5 cm³/mol. The minimum Gasteiger partial charge on any atom is -0.472 e. The molecule has 2 rings (SSSR count). The molecule has 2 aromatic rings. The number of nitrogens with zero attached hydrogens (tertiary/aromatic N) is 2. The first kappa shape index (κ1) is 12.4. The molecule has 0 aliphatic rings. The highest BCUT2D eigenvalue weighted by atomic mass is 35.5. The summed E-state index contributed by atoms with van der Waals surface area (Å²) in [7, 11) is 0. The van der Waals surface area contributed by atoms with E-state index in [4.69, 9.17) is 21.6 Å². The van der Waals surface area contributed by atoms with E-state index in [1.807, 2.05) is 19.1 Å². The average Bonchev–Trinajstić information content (AvgIpc) is 2.38. The fraction of sp³-hybridized carbons (Fsp3) is 0.143. The number of ether oxygens (including phenoxy) is 1. The van der Waals surface area contributed by atoms with Crippen molar-refractivity contribution in [1.29, 1.82) is 5.26 Å². The highest BCUT2D eigenvalue weighted by Crippen LogP contribution is 2.19. The van der Waals surface area contributed by atoms with Crippen LogP contribution in [0.25, 0.3) is 0 Å². The van der Waals surface area contributed by atoms with Gasteiger partial charge in [0, 0.05) is 11.2 Å². The molecule has 0 N–H and O–H groups in total. The lowest BCUT2D eigenvalue weighted by Gasteiger charge is -2.08. The quantitative estimate of drug-likeness (QED) is 0.847. The van der Waals surface area contributed by atoms with Gasteiger partial charge in [-0.05, 0) is 36.2 Å². The topological polar surface area (TPSA) is 45.9 Å². The van der Waals surface area contributed by atoms with E-state index in [-0.39, 0.29) is 0 Å². The predicted octanol–water partition coefficient (Wildman–Crippen LogP) is 3.49. The molecule has 0 bridgehead atoms. The lowest BCUT2D eigenvalue weighted by atomic mass is 10.2. The van der Waals surface area contributed by atoms with Gasteiger partial charge in [0.25, 0.3) is 0 Å². The minimum atomic E-state index is 0.363. The Hall–Kier alpha value is -2.05. The Morgan fingerprint density at radius 3 is 2.67 bits per heavy atom. The van der Waals surface area contributed by atoms with Gasteiger partial charge in [-0.3, -0.25) is 0 Å². The Morgan fingerprint density at radius 2 is 2.00 bits per heavy atom. The van der Waals surface area contributed by atoms with Crippen LogP contribution in [0.5, 0.6) is 5.88 Å². The Labute approximate surface area is 111 Å². The summed E-state index contributed by atoms with van der Waals surface area (Å²) in [5.41, 5.74) is 2.32. The van der Waals surface area contributed by atoms with Crippen molar-refractivity contribution in [1.82, 2.24) is 4.98 Å². The zero-order valence-electron chi connectivity index (χ0n) is 9.85. The number of aromatic nitrogens is 1. The van der Waals surface area contributed by atoms with Crippen molar-refractivity contribution in [3.8, 4) is 11.9 Å². The van der Waals surface area contributed by atoms with Crippen LogP contribution < -0.4 is 4.74 Å². The lowest BCUT2D eigenvalue weighted by molar-refractivity contribution is 0.292. The maximum absolute atomic E-state index is 9.05. The number of hydrogen-bond donors (Lipinski definition) is 0. The van der Waals surface area contributed by atoms with Crippen molar-refractivity contribution in [3.63, 3.8) is 0 Å². The second-order valence-electron chi connectivity index (χ2n) is 3.83. The smallest absolute Gasteiger partial charge is 0.232 e. The molecule has 3 nitrogen and oxygen atoms in total. The summed E-state index contributed by atoms with van der Waals surface area (Å²) in [4.78, 5) is 4.07. The van der Waals surface area contributed by atoms with E-state index < -0.39 is 0 Å². The normalized spacial score (nSPS) is 9.83. The number of benzene rings is 1. The zero-order chi connectivity index (χ0) is 13.0. The molecule has 0 saturated carbocycles. The van der Waals surface area contributed by atoms with E-state index in [9.17, 15) is 0 Å². The molecule has 0 fully saturated rings. The second kappa shape index (κ2) is 5.52. The number of rotatable bonds is 3. The Kier molecular flexibility index (Phi) is 3.81. The van der Waals surface area contributed by atoms with Crippen LogP contribution in [0.1, 0.15) is 16.7 Å². The van der Waals surface area contributed by atoms with Crippen LogP contribution in [0.3, 0.4) is 0 Å². The molecule has 0 spiro atoms. The molecule has 0 radical (unpaired) electrons. The van der Waals surface area contributed by atoms with Gasteiger partial charge in [-0.25, -0.2) is 4.98 Å². The molecule has 0 amide bonds. The van der Waals surface area contributed by atoms with Crippen molar-refractivity contribution in [2.45, 2.75) is 13.5 Å². The zero-order valence-corrected chi connectivity index (χ0v) is 10.6. The summed E-state index contributed by atoms with van der Waals surface area (Å²) in [6.45, 7) is 2.22. The number of halogens is 1. The lowest BCUT2D eigenvalue weighted by Crippen LogP contribution is -2.00. The molecule has 0 atom stereocenters. The summed E-state index contributed by atoms with van der Waals surface area (Å²) in [6, 6.07) is 11.2. The van der Waals surface area contributed by atoms with Gasteiger partial charge >= 0.3 is 0 Å². The summed E-state index contributed by atoms with van der Waals surface area (Å²) < 4.78 is 5.56. The fourth-order valence-electron chi connectivity index (χ4n) is 1.51. The van der Waals surface area contributed by atoms with E-state index >= 15 is 0 Å². The van der Waals surface area contributed by atoms with Gasteiger partial charge in [-0.2, -0.15) is 5.26 Å². The molecule has 0 aliphatic heterocycles. The summed E-state index contributed by atoms with van der Waals surface area (Å²) >= 11 is 5.80. The highest BCUT2D eigenvalue weighted by Gasteiger charge is 2.07. The fourth-order valence-corrected chi connectivity index (χ4v) is 1.64. The van der Waals surface area contributed by atoms with E-state index in [0.29, 0.717) is 23.1 Å². The molecule has 1 aromatic carbocycles. The van der Waals surface area contributed by atoms with Crippen LogP contribution in [0.4, 0.5) is 0 Å². The van der Waals surface area contributed by atoms with Gasteiger partial charge in [0.15, 0.2) is 0 Å². The molecule has 1 heterocycles. The molecule has 4 heteroatoms. The molecule has 0 saturated heterocycles. The van der Waals surface area contributed by atoms with Crippen LogP contribution in [-0.2, 0) is 6.61 Å². The number of pyridine rings is 1. The molecule has 0 aliphatic carbocycles. The van der Waals surface area contributed by atoms with Crippen LogP contribution in [0.2, 0.25) is 5.02 Å². The maximum atomic E-state index is 9.05. The molecule has 18 heavy (non-hydrogen) atoms. The van der Waals surface area contributed by atoms with E-state index in [1.54, 1.807) is 24.4 Å². The highest BCUT2D eigenvalue weighted by molar-refractivity contribution is 6.30. The third-order valence-electron chi connectivity index (χ3n) is 2.53. The van der Waals surface area contributed by atoms with Crippen LogP contribution in [-0.4, -0.2) is 4.98 Å². The van der Waals surface area contributed by atoms with Gasteiger partial charge in [-0.15, -0.1) is 0 Å². The van der Waals surface area contributed by atoms with E-state index in [0.717, 1.165) is 11.1 Å². The van der Waals surface area contributed by atoms with Gasteiger partial charge in [-0.1, -0.05) is 23.7 Å². The van der Waals surface area contributed by atoms with Crippen LogP contribution >= 0.6 is 11.6 Å². The Bertz CT molecular complexity index is 588. The van der Waals surface area contributed by atoms with Crippen molar-refractivity contribution in [2.75, 3.05) is 0 Å². The third kappa shape index (κ3) is 2.79.